The van der Waals surface area contributed by atoms with Crippen LogP contribution in [0.4, 0.5) is 10.1 Å². The van der Waals surface area contributed by atoms with E-state index in [2.05, 4.69) is 10.2 Å². The second-order valence-corrected chi connectivity index (χ2v) is 7.13. The number of halogens is 2. The molecule has 7 heteroatoms. The maximum atomic E-state index is 13.1. The van der Waals surface area contributed by atoms with Gasteiger partial charge in [-0.15, -0.1) is 0 Å². The summed E-state index contributed by atoms with van der Waals surface area (Å²) < 4.78 is 13.1. The fourth-order valence-electron chi connectivity index (χ4n) is 3.21. The van der Waals surface area contributed by atoms with E-state index < -0.39 is 0 Å². The molecular weight excluding hydrogens is 391 g/mol. The van der Waals surface area contributed by atoms with E-state index in [1.165, 1.54) is 18.3 Å². The standard InChI is InChI=1S/C22H22ClFN4O/c23-21-4-2-1-3-17(21)9-10-26-16-18(15-25)22(29)28-13-11-27(12-14-28)20-7-5-19(24)6-8-20/h1-8,16,26H,9-14H2/b18-16-. The largest absolute Gasteiger partial charge is 0.389 e. The van der Waals surface area contributed by atoms with Gasteiger partial charge in [-0.25, -0.2) is 4.39 Å². The summed E-state index contributed by atoms with van der Waals surface area (Å²) in [4.78, 5) is 16.4. The number of hydrogen-bond acceptors (Lipinski definition) is 4. The van der Waals surface area contributed by atoms with Gasteiger partial charge in [0, 0.05) is 49.6 Å². The van der Waals surface area contributed by atoms with E-state index in [1.807, 2.05) is 30.3 Å². The lowest BCUT2D eigenvalue weighted by atomic mass is 10.1. The van der Waals surface area contributed by atoms with Crippen molar-refractivity contribution in [3.8, 4) is 6.07 Å². The molecule has 0 unspecified atom stereocenters. The van der Waals surface area contributed by atoms with Crippen LogP contribution in [0.5, 0.6) is 0 Å². The molecule has 3 rings (SSSR count). The highest BCUT2D eigenvalue weighted by atomic mass is 35.5. The van der Waals surface area contributed by atoms with Crippen LogP contribution in [0.25, 0.3) is 0 Å². The van der Waals surface area contributed by atoms with Crippen LogP contribution < -0.4 is 10.2 Å². The first-order chi connectivity index (χ1) is 14.1. The zero-order chi connectivity index (χ0) is 20.6. The molecular formula is C22H22ClFN4O. The predicted molar refractivity (Wildman–Crippen MR) is 112 cm³/mol. The van der Waals surface area contributed by atoms with E-state index in [9.17, 15) is 14.4 Å². The highest BCUT2D eigenvalue weighted by molar-refractivity contribution is 6.31. The molecule has 0 aromatic heterocycles. The van der Waals surface area contributed by atoms with Gasteiger partial charge >= 0.3 is 0 Å². The van der Waals surface area contributed by atoms with Gasteiger partial charge in [0.15, 0.2) is 0 Å². The minimum atomic E-state index is -0.281. The Balaban J connectivity index is 1.50. The number of carbonyl (C=O) groups is 1. The molecule has 1 amide bonds. The summed E-state index contributed by atoms with van der Waals surface area (Å²) in [5.74, 6) is -0.551. The number of nitrogens with one attached hydrogen (secondary N) is 1. The molecule has 0 spiro atoms. The quantitative estimate of drug-likeness (QED) is 0.449. The fraction of sp³-hybridized carbons (Fsp3) is 0.273. The molecule has 29 heavy (non-hydrogen) atoms. The molecule has 5 nitrogen and oxygen atoms in total. The van der Waals surface area contributed by atoms with Gasteiger partial charge < -0.3 is 15.1 Å². The Bertz CT molecular complexity index is 915. The van der Waals surface area contributed by atoms with Crippen molar-refractivity contribution in [1.29, 1.82) is 5.26 Å². The normalized spacial score (nSPS) is 14.4. The third-order valence-corrected chi connectivity index (χ3v) is 5.22. The van der Waals surface area contributed by atoms with Crippen molar-refractivity contribution in [2.45, 2.75) is 6.42 Å². The molecule has 2 aromatic carbocycles. The SMILES string of the molecule is N#C/C(=C/NCCc1ccccc1Cl)C(=O)N1CCN(c2ccc(F)cc2)CC1. The topological polar surface area (TPSA) is 59.4 Å². The lowest BCUT2D eigenvalue weighted by Gasteiger charge is -2.36. The number of hydrogen-bond donors (Lipinski definition) is 1. The lowest BCUT2D eigenvalue weighted by Crippen LogP contribution is -2.49. The van der Waals surface area contributed by atoms with Crippen molar-refractivity contribution in [2.24, 2.45) is 0 Å². The van der Waals surface area contributed by atoms with E-state index >= 15 is 0 Å². The summed E-state index contributed by atoms with van der Waals surface area (Å²) in [6, 6.07) is 15.9. The van der Waals surface area contributed by atoms with Gasteiger partial charge in [-0.05, 0) is 42.3 Å². The van der Waals surface area contributed by atoms with Crippen LogP contribution in [-0.4, -0.2) is 43.5 Å². The molecule has 2 aromatic rings. The first-order valence-corrected chi connectivity index (χ1v) is 9.83. The Morgan fingerprint density at radius 1 is 1.14 bits per heavy atom. The molecule has 1 heterocycles. The van der Waals surface area contributed by atoms with Gasteiger partial charge in [0.2, 0.25) is 0 Å². The van der Waals surface area contributed by atoms with Crippen LogP contribution in [0.2, 0.25) is 5.02 Å². The maximum absolute atomic E-state index is 13.1. The number of carbonyl (C=O) groups excluding carboxylic acids is 1. The highest BCUT2D eigenvalue weighted by Gasteiger charge is 2.23. The van der Waals surface area contributed by atoms with E-state index in [1.54, 1.807) is 17.0 Å². The lowest BCUT2D eigenvalue weighted by molar-refractivity contribution is -0.127. The Morgan fingerprint density at radius 2 is 1.83 bits per heavy atom. The molecule has 1 saturated heterocycles. The van der Waals surface area contributed by atoms with Crippen LogP contribution in [0.3, 0.4) is 0 Å². The van der Waals surface area contributed by atoms with Gasteiger partial charge in [0.1, 0.15) is 17.5 Å². The third-order valence-electron chi connectivity index (χ3n) is 4.85. The number of nitrogens with zero attached hydrogens (tertiary/aromatic N) is 3. The molecule has 0 saturated carbocycles. The van der Waals surface area contributed by atoms with Gasteiger partial charge in [0.05, 0.1) is 0 Å². The summed E-state index contributed by atoms with van der Waals surface area (Å²) in [5.41, 5.74) is 2.02. The fourth-order valence-corrected chi connectivity index (χ4v) is 3.44. The van der Waals surface area contributed by atoms with Crippen molar-refractivity contribution in [1.82, 2.24) is 10.2 Å². The zero-order valence-electron chi connectivity index (χ0n) is 15.9. The van der Waals surface area contributed by atoms with Gasteiger partial charge in [-0.2, -0.15) is 5.26 Å². The number of nitriles is 1. The van der Waals surface area contributed by atoms with E-state index in [4.69, 9.17) is 11.6 Å². The first kappa shape index (κ1) is 20.7. The molecule has 1 fully saturated rings. The summed E-state index contributed by atoms with van der Waals surface area (Å²) in [6.45, 7) is 2.86. The van der Waals surface area contributed by atoms with Crippen LogP contribution in [0.15, 0.2) is 60.3 Å². The first-order valence-electron chi connectivity index (χ1n) is 9.45. The molecule has 150 valence electrons. The smallest absolute Gasteiger partial charge is 0.266 e. The van der Waals surface area contributed by atoms with Gasteiger partial charge in [-0.3, -0.25) is 4.79 Å². The predicted octanol–water partition coefficient (Wildman–Crippen LogP) is 3.37. The molecule has 1 aliphatic rings. The van der Waals surface area contributed by atoms with Crippen LogP contribution in [-0.2, 0) is 11.2 Å². The van der Waals surface area contributed by atoms with Crippen molar-refractivity contribution in [3.05, 3.63) is 76.7 Å². The minimum absolute atomic E-state index is 0.0828. The molecule has 1 N–H and O–H groups in total. The summed E-state index contributed by atoms with van der Waals surface area (Å²) >= 11 is 6.13. The average Bonchev–Trinajstić information content (AvgIpc) is 2.75. The summed E-state index contributed by atoms with van der Waals surface area (Å²) in [5, 5.41) is 13.1. The summed E-state index contributed by atoms with van der Waals surface area (Å²) in [7, 11) is 0. The molecule has 0 radical (unpaired) electrons. The minimum Gasteiger partial charge on any atom is -0.389 e. The molecule has 0 bridgehead atoms. The number of benzene rings is 2. The van der Waals surface area contributed by atoms with Crippen molar-refractivity contribution < 1.29 is 9.18 Å². The van der Waals surface area contributed by atoms with Crippen molar-refractivity contribution in [3.63, 3.8) is 0 Å². The van der Waals surface area contributed by atoms with Gasteiger partial charge in [-0.1, -0.05) is 29.8 Å². The van der Waals surface area contributed by atoms with E-state index in [0.29, 0.717) is 44.2 Å². The van der Waals surface area contributed by atoms with Crippen molar-refractivity contribution >= 4 is 23.2 Å². The molecule has 0 aliphatic carbocycles. The van der Waals surface area contributed by atoms with Crippen LogP contribution >= 0.6 is 11.6 Å². The molecule has 1 aliphatic heterocycles. The molecule has 0 atom stereocenters. The number of rotatable bonds is 6. The Hall–Kier alpha value is -3.04. The number of anilines is 1. The van der Waals surface area contributed by atoms with Gasteiger partial charge in [0.25, 0.3) is 5.91 Å². The third kappa shape index (κ3) is 5.49. The van der Waals surface area contributed by atoms with E-state index in [0.717, 1.165) is 11.3 Å². The average molecular weight is 413 g/mol. The number of piperazine rings is 1. The Labute approximate surface area is 175 Å². The second-order valence-electron chi connectivity index (χ2n) is 6.72. The number of amides is 1. The van der Waals surface area contributed by atoms with E-state index in [-0.39, 0.29) is 17.3 Å². The monoisotopic (exact) mass is 412 g/mol. The Morgan fingerprint density at radius 3 is 2.48 bits per heavy atom. The van der Waals surface area contributed by atoms with Crippen molar-refractivity contribution in [2.75, 3.05) is 37.6 Å². The van der Waals surface area contributed by atoms with Crippen LogP contribution in [0, 0.1) is 17.1 Å². The second kappa shape index (κ2) is 9.94. The highest BCUT2D eigenvalue weighted by Crippen LogP contribution is 2.18. The van der Waals surface area contributed by atoms with Crippen LogP contribution in [0.1, 0.15) is 5.56 Å². The maximum Gasteiger partial charge on any atom is 0.266 e. The summed E-state index contributed by atoms with van der Waals surface area (Å²) in [6.07, 6.45) is 2.17. The zero-order valence-corrected chi connectivity index (χ0v) is 16.7. The Kier molecular flexibility index (Phi) is 7.09.